The van der Waals surface area contributed by atoms with Crippen molar-refractivity contribution in [2.24, 2.45) is 7.05 Å². The van der Waals surface area contributed by atoms with Crippen LogP contribution in [0.3, 0.4) is 0 Å². The summed E-state index contributed by atoms with van der Waals surface area (Å²) in [5, 5.41) is 4.43. The first-order valence-corrected chi connectivity index (χ1v) is 8.56. The van der Waals surface area contributed by atoms with Gasteiger partial charge >= 0.3 is 0 Å². The Morgan fingerprint density at radius 3 is 2.67 bits per heavy atom. The summed E-state index contributed by atoms with van der Waals surface area (Å²) < 4.78 is 7.65. The Morgan fingerprint density at radius 2 is 2.00 bits per heavy atom. The van der Waals surface area contributed by atoms with E-state index in [0.717, 1.165) is 37.1 Å². The summed E-state index contributed by atoms with van der Waals surface area (Å²) in [5.41, 5.74) is 1.66. The van der Waals surface area contributed by atoms with Crippen molar-refractivity contribution in [1.29, 1.82) is 0 Å². The summed E-state index contributed by atoms with van der Waals surface area (Å²) in [5.74, 6) is 0.903. The average Bonchev–Trinajstić information content (AvgIpc) is 2.97. The first-order chi connectivity index (χ1) is 11.7. The number of hydrogen-bond donors (Lipinski definition) is 0. The van der Waals surface area contributed by atoms with Gasteiger partial charge in [0, 0.05) is 45.4 Å². The predicted molar refractivity (Wildman–Crippen MR) is 91.0 cm³/mol. The van der Waals surface area contributed by atoms with E-state index >= 15 is 0 Å². The van der Waals surface area contributed by atoms with Crippen molar-refractivity contribution in [2.45, 2.75) is 38.7 Å². The molecule has 1 saturated heterocycles. The van der Waals surface area contributed by atoms with Crippen LogP contribution in [-0.2, 0) is 13.5 Å². The average molecular weight is 328 g/mol. The van der Waals surface area contributed by atoms with E-state index in [4.69, 9.17) is 4.74 Å². The Morgan fingerprint density at radius 1 is 1.29 bits per heavy atom. The molecule has 0 radical (unpaired) electrons. The van der Waals surface area contributed by atoms with Gasteiger partial charge in [0.2, 0.25) is 0 Å². The number of piperidine rings is 1. The summed E-state index contributed by atoms with van der Waals surface area (Å²) in [6.45, 7) is 3.54. The van der Waals surface area contributed by atoms with E-state index in [-0.39, 0.29) is 12.0 Å². The molecule has 2 aromatic heterocycles. The maximum atomic E-state index is 12.7. The molecule has 1 fully saturated rings. The fourth-order valence-electron chi connectivity index (χ4n) is 3.05. The lowest BCUT2D eigenvalue weighted by Crippen LogP contribution is -2.42. The van der Waals surface area contributed by atoms with Crippen molar-refractivity contribution in [2.75, 3.05) is 13.1 Å². The van der Waals surface area contributed by atoms with Crippen molar-refractivity contribution < 1.29 is 9.53 Å². The molecule has 0 atom stereocenters. The smallest absolute Gasteiger partial charge is 0.272 e. The van der Waals surface area contributed by atoms with Crippen LogP contribution in [0.5, 0.6) is 5.75 Å². The molecule has 24 heavy (non-hydrogen) atoms. The fraction of sp³-hybridized carbons (Fsp3) is 0.500. The third-order valence-corrected chi connectivity index (χ3v) is 4.34. The molecule has 128 valence electrons. The number of carbonyl (C=O) groups is 1. The number of ether oxygens (including phenoxy) is 1. The van der Waals surface area contributed by atoms with Crippen LogP contribution in [0, 0.1) is 0 Å². The summed E-state index contributed by atoms with van der Waals surface area (Å²) in [4.78, 5) is 18.6. The lowest BCUT2D eigenvalue weighted by Gasteiger charge is -2.32. The molecule has 1 aliphatic rings. The highest BCUT2D eigenvalue weighted by atomic mass is 16.5. The van der Waals surface area contributed by atoms with Crippen molar-refractivity contribution in [1.82, 2.24) is 19.7 Å². The molecule has 0 saturated carbocycles. The Bertz CT molecular complexity index is 676. The highest BCUT2D eigenvalue weighted by Gasteiger charge is 2.26. The SMILES string of the molecule is CCCc1cc(C(=O)N2CCC(Oc3ccncc3)CC2)n(C)n1. The summed E-state index contributed by atoms with van der Waals surface area (Å²) >= 11 is 0. The van der Waals surface area contributed by atoms with Gasteiger partial charge in [0.25, 0.3) is 5.91 Å². The lowest BCUT2D eigenvalue weighted by molar-refractivity contribution is 0.0585. The first kappa shape index (κ1) is 16.5. The van der Waals surface area contributed by atoms with Gasteiger partial charge in [0.15, 0.2) is 0 Å². The minimum Gasteiger partial charge on any atom is -0.490 e. The molecule has 1 amide bonds. The van der Waals surface area contributed by atoms with Crippen molar-refractivity contribution in [3.8, 4) is 5.75 Å². The molecular formula is C18H24N4O2. The molecule has 3 rings (SSSR count). The van der Waals surface area contributed by atoms with Gasteiger partial charge in [-0.25, -0.2) is 0 Å². The zero-order chi connectivity index (χ0) is 16.9. The van der Waals surface area contributed by atoms with Crippen molar-refractivity contribution in [3.05, 3.63) is 42.0 Å². The van der Waals surface area contributed by atoms with Gasteiger partial charge < -0.3 is 9.64 Å². The largest absolute Gasteiger partial charge is 0.490 e. The van der Waals surface area contributed by atoms with Gasteiger partial charge in [0.1, 0.15) is 17.5 Å². The van der Waals surface area contributed by atoms with E-state index in [1.54, 1.807) is 17.1 Å². The number of carbonyl (C=O) groups excluding carboxylic acids is 1. The van der Waals surface area contributed by atoms with E-state index in [1.165, 1.54) is 0 Å². The standard InChI is InChI=1S/C18H24N4O2/c1-3-4-14-13-17(21(2)20-14)18(23)22-11-7-16(8-12-22)24-15-5-9-19-10-6-15/h5-6,9-10,13,16H,3-4,7-8,11-12H2,1-2H3. The molecule has 6 nitrogen and oxygen atoms in total. The molecule has 1 aliphatic heterocycles. The number of rotatable bonds is 5. The van der Waals surface area contributed by atoms with E-state index in [1.807, 2.05) is 30.1 Å². The van der Waals surface area contributed by atoms with E-state index in [2.05, 4.69) is 17.0 Å². The van der Waals surface area contributed by atoms with Crippen LogP contribution >= 0.6 is 0 Å². The second kappa shape index (κ2) is 7.47. The van der Waals surface area contributed by atoms with Gasteiger partial charge in [-0.05, 0) is 24.6 Å². The van der Waals surface area contributed by atoms with Gasteiger partial charge in [0.05, 0.1) is 5.69 Å². The molecule has 0 aliphatic carbocycles. The Hall–Kier alpha value is -2.37. The third-order valence-electron chi connectivity index (χ3n) is 4.34. The molecule has 0 unspecified atom stereocenters. The predicted octanol–water partition coefficient (Wildman–Crippen LogP) is 2.45. The number of pyridine rings is 1. The monoisotopic (exact) mass is 328 g/mol. The van der Waals surface area contributed by atoms with Crippen LogP contribution in [0.25, 0.3) is 0 Å². The molecule has 0 bridgehead atoms. The van der Waals surface area contributed by atoms with Crippen LogP contribution in [0.15, 0.2) is 30.6 Å². The zero-order valence-corrected chi connectivity index (χ0v) is 14.3. The van der Waals surface area contributed by atoms with Gasteiger partial charge in [-0.15, -0.1) is 0 Å². The van der Waals surface area contributed by atoms with Crippen LogP contribution in [-0.4, -0.2) is 44.8 Å². The van der Waals surface area contributed by atoms with Crippen LogP contribution < -0.4 is 4.74 Å². The normalized spacial score (nSPS) is 15.5. The van der Waals surface area contributed by atoms with E-state index in [0.29, 0.717) is 18.8 Å². The molecule has 6 heteroatoms. The number of amides is 1. The van der Waals surface area contributed by atoms with E-state index in [9.17, 15) is 4.79 Å². The fourth-order valence-corrected chi connectivity index (χ4v) is 3.05. The van der Waals surface area contributed by atoms with Crippen LogP contribution in [0.4, 0.5) is 0 Å². The molecular weight excluding hydrogens is 304 g/mol. The summed E-state index contributed by atoms with van der Waals surface area (Å²) in [6.07, 6.45) is 7.22. The summed E-state index contributed by atoms with van der Waals surface area (Å²) in [6, 6.07) is 5.65. The Kier molecular flexibility index (Phi) is 5.13. The number of nitrogens with zero attached hydrogens (tertiary/aromatic N) is 4. The summed E-state index contributed by atoms with van der Waals surface area (Å²) in [7, 11) is 1.84. The number of aryl methyl sites for hydroxylation is 2. The lowest BCUT2D eigenvalue weighted by atomic mass is 10.1. The maximum absolute atomic E-state index is 12.7. The number of likely N-dealkylation sites (tertiary alicyclic amines) is 1. The molecule has 2 aromatic rings. The molecule has 0 N–H and O–H groups in total. The number of hydrogen-bond acceptors (Lipinski definition) is 4. The third kappa shape index (κ3) is 3.75. The van der Waals surface area contributed by atoms with Gasteiger partial charge in [-0.1, -0.05) is 13.3 Å². The Labute approximate surface area is 142 Å². The van der Waals surface area contributed by atoms with E-state index < -0.39 is 0 Å². The molecule has 3 heterocycles. The minimum atomic E-state index is 0.0646. The molecule has 0 aromatic carbocycles. The van der Waals surface area contributed by atoms with Crippen molar-refractivity contribution in [3.63, 3.8) is 0 Å². The zero-order valence-electron chi connectivity index (χ0n) is 14.3. The highest BCUT2D eigenvalue weighted by Crippen LogP contribution is 2.20. The van der Waals surface area contributed by atoms with Crippen molar-refractivity contribution >= 4 is 5.91 Å². The topological polar surface area (TPSA) is 60.3 Å². The second-order valence-corrected chi connectivity index (χ2v) is 6.19. The number of aromatic nitrogens is 3. The first-order valence-electron chi connectivity index (χ1n) is 8.56. The highest BCUT2D eigenvalue weighted by molar-refractivity contribution is 5.92. The minimum absolute atomic E-state index is 0.0646. The quantitative estimate of drug-likeness (QED) is 0.846. The van der Waals surface area contributed by atoms with Gasteiger partial charge in [-0.3, -0.25) is 14.5 Å². The van der Waals surface area contributed by atoms with Gasteiger partial charge in [-0.2, -0.15) is 5.10 Å². The van der Waals surface area contributed by atoms with Crippen LogP contribution in [0.2, 0.25) is 0 Å². The Balaban J connectivity index is 1.57. The second-order valence-electron chi connectivity index (χ2n) is 6.19. The maximum Gasteiger partial charge on any atom is 0.272 e. The molecule has 0 spiro atoms. The van der Waals surface area contributed by atoms with Crippen LogP contribution in [0.1, 0.15) is 42.4 Å².